The number of halogens is 2. The van der Waals surface area contributed by atoms with E-state index in [0.29, 0.717) is 31.6 Å². The van der Waals surface area contributed by atoms with Crippen molar-refractivity contribution in [3.05, 3.63) is 71.3 Å². The summed E-state index contributed by atoms with van der Waals surface area (Å²) < 4.78 is 27.5. The van der Waals surface area contributed by atoms with E-state index in [9.17, 15) is 18.4 Å². The summed E-state index contributed by atoms with van der Waals surface area (Å²) in [7, 11) is 1.58. The minimum atomic E-state index is -0.732. The molecule has 6 nitrogen and oxygen atoms in total. The highest BCUT2D eigenvalue weighted by Crippen LogP contribution is 2.21. The molecule has 1 saturated heterocycles. The maximum atomic E-state index is 14.3. The van der Waals surface area contributed by atoms with E-state index in [0.717, 1.165) is 18.4 Å². The summed E-state index contributed by atoms with van der Waals surface area (Å²) in [5.74, 6) is -0.981. The molecule has 2 amide bonds. The van der Waals surface area contributed by atoms with E-state index in [1.165, 1.54) is 18.2 Å². The Hall–Kier alpha value is -2.84. The van der Waals surface area contributed by atoms with Crippen LogP contribution in [0.25, 0.3) is 0 Å². The largest absolute Gasteiger partial charge is 0.358 e. The number of carbonyl (C=O) groups is 2. The number of nitrogens with zero attached hydrogens (tertiary/aromatic N) is 2. The third kappa shape index (κ3) is 6.39. The molecule has 3 N–H and O–H groups in total. The molecule has 2 aromatic carbocycles. The van der Waals surface area contributed by atoms with E-state index in [4.69, 9.17) is 5.73 Å². The number of rotatable bonds is 9. The van der Waals surface area contributed by atoms with Gasteiger partial charge in [-0.25, -0.2) is 8.78 Å². The normalized spacial score (nSPS) is 18.4. The average Bonchev–Trinajstić information content (AvgIpc) is 2.84. The smallest absolute Gasteiger partial charge is 0.240 e. The topological polar surface area (TPSA) is 78.7 Å². The van der Waals surface area contributed by atoms with Crippen molar-refractivity contribution in [3.63, 3.8) is 0 Å². The quantitative estimate of drug-likeness (QED) is 0.588. The molecule has 184 valence electrons. The van der Waals surface area contributed by atoms with Gasteiger partial charge in [0.25, 0.3) is 0 Å². The van der Waals surface area contributed by atoms with Gasteiger partial charge in [0.15, 0.2) is 0 Å². The molecule has 3 unspecified atom stereocenters. The van der Waals surface area contributed by atoms with Crippen LogP contribution in [0.2, 0.25) is 0 Å². The van der Waals surface area contributed by atoms with Crippen LogP contribution in [0.3, 0.4) is 0 Å². The van der Waals surface area contributed by atoms with Crippen molar-refractivity contribution in [2.24, 2.45) is 5.73 Å². The van der Waals surface area contributed by atoms with Crippen molar-refractivity contribution in [1.82, 2.24) is 15.1 Å². The summed E-state index contributed by atoms with van der Waals surface area (Å²) in [6.07, 6.45) is 2.22. The van der Waals surface area contributed by atoms with E-state index in [1.54, 1.807) is 37.4 Å². The lowest BCUT2D eigenvalue weighted by Gasteiger charge is -2.44. The van der Waals surface area contributed by atoms with E-state index >= 15 is 0 Å². The Morgan fingerprint density at radius 3 is 2.44 bits per heavy atom. The second kappa shape index (κ2) is 12.0. The van der Waals surface area contributed by atoms with E-state index in [-0.39, 0.29) is 35.9 Å². The second-order valence-electron chi connectivity index (χ2n) is 8.83. The second-order valence-corrected chi connectivity index (χ2v) is 8.83. The van der Waals surface area contributed by atoms with Gasteiger partial charge in [-0.3, -0.25) is 14.5 Å². The fourth-order valence-electron chi connectivity index (χ4n) is 4.63. The van der Waals surface area contributed by atoms with E-state index in [2.05, 4.69) is 12.2 Å². The lowest BCUT2D eigenvalue weighted by atomic mass is 9.98. The van der Waals surface area contributed by atoms with Crippen LogP contribution in [-0.4, -0.2) is 66.4 Å². The predicted molar refractivity (Wildman–Crippen MR) is 128 cm³/mol. The van der Waals surface area contributed by atoms with Crippen LogP contribution in [0.5, 0.6) is 0 Å². The number of amides is 2. The van der Waals surface area contributed by atoms with Gasteiger partial charge in [-0.2, -0.15) is 0 Å². The summed E-state index contributed by atoms with van der Waals surface area (Å²) in [4.78, 5) is 29.8. The van der Waals surface area contributed by atoms with Crippen LogP contribution in [0, 0.1) is 11.6 Å². The summed E-state index contributed by atoms with van der Waals surface area (Å²) in [5.41, 5.74) is 7.55. The van der Waals surface area contributed by atoms with Gasteiger partial charge in [0.05, 0.1) is 12.1 Å². The highest BCUT2D eigenvalue weighted by molar-refractivity contribution is 5.83. The predicted octanol–water partition coefficient (Wildman–Crippen LogP) is 2.50. The Labute approximate surface area is 200 Å². The SMILES string of the molecule is CCCC1CN(C(Cc2ccccc2F)C(=O)NC)CCN1C(=O)C(N)Cc1ccc(F)cc1. The molecule has 0 aliphatic carbocycles. The number of piperazine rings is 1. The molecule has 1 aliphatic rings. The van der Waals surface area contributed by atoms with E-state index in [1.807, 2.05) is 9.80 Å². The molecule has 1 fully saturated rings. The molecule has 34 heavy (non-hydrogen) atoms. The minimum absolute atomic E-state index is 0.0988. The number of carbonyl (C=O) groups excluding carboxylic acids is 2. The van der Waals surface area contributed by atoms with Gasteiger partial charge >= 0.3 is 0 Å². The number of hydrogen-bond acceptors (Lipinski definition) is 4. The number of nitrogens with two attached hydrogens (primary N) is 1. The first-order valence-corrected chi connectivity index (χ1v) is 11.8. The van der Waals surface area contributed by atoms with Gasteiger partial charge in [-0.1, -0.05) is 43.7 Å². The van der Waals surface area contributed by atoms with E-state index < -0.39 is 12.1 Å². The third-order valence-electron chi connectivity index (χ3n) is 6.47. The zero-order chi connectivity index (χ0) is 24.7. The van der Waals surface area contributed by atoms with Crippen LogP contribution in [0.1, 0.15) is 30.9 Å². The van der Waals surface area contributed by atoms with Gasteiger partial charge in [-0.05, 0) is 48.6 Å². The first-order valence-electron chi connectivity index (χ1n) is 11.8. The maximum absolute atomic E-state index is 14.3. The summed E-state index contributed by atoms with van der Waals surface area (Å²) in [5, 5.41) is 2.70. The lowest BCUT2D eigenvalue weighted by Crippen LogP contribution is -2.62. The van der Waals surface area contributed by atoms with Crippen molar-refractivity contribution in [3.8, 4) is 0 Å². The molecule has 1 heterocycles. The molecule has 0 saturated carbocycles. The van der Waals surface area contributed by atoms with Crippen molar-refractivity contribution in [2.45, 2.75) is 50.7 Å². The maximum Gasteiger partial charge on any atom is 0.240 e. The molecular weight excluding hydrogens is 438 g/mol. The number of nitrogens with one attached hydrogen (secondary N) is 1. The minimum Gasteiger partial charge on any atom is -0.358 e. The monoisotopic (exact) mass is 472 g/mol. The molecular formula is C26H34F2N4O2. The Kier molecular flexibility index (Phi) is 9.12. The van der Waals surface area contributed by atoms with Crippen LogP contribution in [-0.2, 0) is 22.4 Å². The first kappa shape index (κ1) is 25.8. The highest BCUT2D eigenvalue weighted by atomic mass is 19.1. The molecule has 2 aromatic rings. The lowest BCUT2D eigenvalue weighted by molar-refractivity contribution is -0.139. The highest BCUT2D eigenvalue weighted by Gasteiger charge is 2.37. The van der Waals surface area contributed by atoms with Crippen molar-refractivity contribution < 1.29 is 18.4 Å². The molecule has 1 aliphatic heterocycles. The number of likely N-dealkylation sites (N-methyl/N-ethyl adjacent to an activating group) is 1. The van der Waals surface area contributed by atoms with Crippen LogP contribution in [0.4, 0.5) is 8.78 Å². The first-order chi connectivity index (χ1) is 16.3. The number of benzene rings is 2. The summed E-state index contributed by atoms with van der Waals surface area (Å²) in [6.45, 7) is 3.48. The molecule has 3 rings (SSSR count). The van der Waals surface area contributed by atoms with Crippen molar-refractivity contribution >= 4 is 11.8 Å². The molecule has 0 spiro atoms. The molecule has 0 bridgehead atoms. The number of hydrogen-bond donors (Lipinski definition) is 2. The van der Waals surface area contributed by atoms with Gasteiger partial charge in [-0.15, -0.1) is 0 Å². The Morgan fingerprint density at radius 2 is 1.79 bits per heavy atom. The summed E-state index contributed by atoms with van der Waals surface area (Å²) in [6, 6.07) is 11.1. The van der Waals surface area contributed by atoms with Crippen LogP contribution >= 0.6 is 0 Å². The van der Waals surface area contributed by atoms with Crippen LogP contribution < -0.4 is 11.1 Å². The zero-order valence-electron chi connectivity index (χ0n) is 19.8. The Balaban J connectivity index is 1.72. The van der Waals surface area contributed by atoms with Crippen molar-refractivity contribution in [1.29, 1.82) is 0 Å². The fraction of sp³-hybridized carbons (Fsp3) is 0.462. The zero-order valence-corrected chi connectivity index (χ0v) is 19.8. The molecule has 0 aromatic heterocycles. The van der Waals surface area contributed by atoms with Crippen molar-refractivity contribution in [2.75, 3.05) is 26.7 Å². The Morgan fingerprint density at radius 1 is 1.09 bits per heavy atom. The molecule has 0 radical (unpaired) electrons. The molecule has 3 atom stereocenters. The molecule has 8 heteroatoms. The summed E-state index contributed by atoms with van der Waals surface area (Å²) >= 11 is 0. The van der Waals surface area contributed by atoms with Gasteiger partial charge in [0.1, 0.15) is 11.6 Å². The van der Waals surface area contributed by atoms with Gasteiger partial charge in [0, 0.05) is 32.7 Å². The van der Waals surface area contributed by atoms with Crippen LogP contribution in [0.15, 0.2) is 48.5 Å². The standard InChI is InChI=1S/C26H34F2N4O2/c1-3-6-21-17-31(24(25(33)30-2)16-19-7-4-5-8-22(19)28)13-14-32(21)26(34)23(29)15-18-9-11-20(27)12-10-18/h4-5,7-12,21,23-24H,3,6,13-17,29H2,1-2H3,(H,30,33). The Bertz CT molecular complexity index is 970. The van der Waals surface area contributed by atoms with Gasteiger partial charge in [0.2, 0.25) is 11.8 Å². The fourth-order valence-corrected chi connectivity index (χ4v) is 4.63. The average molecular weight is 473 g/mol. The third-order valence-corrected chi connectivity index (χ3v) is 6.47. The van der Waals surface area contributed by atoms with Gasteiger partial charge < -0.3 is 16.0 Å².